The first-order chi connectivity index (χ1) is 9.17. The fourth-order valence-corrected chi connectivity index (χ4v) is 2.68. The summed E-state index contributed by atoms with van der Waals surface area (Å²) in [6.45, 7) is 4.97. The van der Waals surface area contributed by atoms with E-state index in [4.69, 9.17) is 4.74 Å². The zero-order chi connectivity index (χ0) is 13.8. The van der Waals surface area contributed by atoms with Crippen molar-refractivity contribution in [3.05, 3.63) is 29.8 Å². The average molecular weight is 261 g/mol. The molecule has 1 aromatic carbocycles. The van der Waals surface area contributed by atoms with Crippen molar-refractivity contribution in [2.75, 3.05) is 13.7 Å². The number of ether oxygens (including phenoxy) is 1. The maximum Gasteiger partial charge on any atom is 0.225 e. The lowest BCUT2D eigenvalue weighted by Gasteiger charge is -2.27. The number of hydrogen-bond donors (Lipinski definition) is 0. The molecule has 0 saturated carbocycles. The minimum absolute atomic E-state index is 0.117. The average Bonchev–Trinajstić information content (AvgIpc) is 2.95. The van der Waals surface area contributed by atoms with Crippen molar-refractivity contribution >= 4 is 5.91 Å². The van der Waals surface area contributed by atoms with Crippen LogP contribution in [0, 0.1) is 5.92 Å². The van der Waals surface area contributed by atoms with Gasteiger partial charge in [-0.05, 0) is 37.0 Å². The van der Waals surface area contributed by atoms with E-state index in [0.717, 1.165) is 31.6 Å². The minimum Gasteiger partial charge on any atom is -0.497 e. The van der Waals surface area contributed by atoms with Crippen molar-refractivity contribution in [2.45, 2.75) is 39.2 Å². The lowest BCUT2D eigenvalue weighted by atomic mass is 10.0. The summed E-state index contributed by atoms with van der Waals surface area (Å²) in [5.74, 6) is 1.26. The van der Waals surface area contributed by atoms with E-state index >= 15 is 0 Å². The Labute approximate surface area is 115 Å². The highest BCUT2D eigenvalue weighted by molar-refractivity contribution is 5.79. The first-order valence-electron chi connectivity index (χ1n) is 7.11. The molecule has 0 radical (unpaired) electrons. The van der Waals surface area contributed by atoms with Gasteiger partial charge in [0.25, 0.3) is 0 Å². The summed E-state index contributed by atoms with van der Waals surface area (Å²) >= 11 is 0. The first-order valence-corrected chi connectivity index (χ1v) is 7.11. The van der Waals surface area contributed by atoms with Gasteiger partial charge < -0.3 is 9.64 Å². The number of carbonyl (C=O) groups is 1. The van der Waals surface area contributed by atoms with Gasteiger partial charge >= 0.3 is 0 Å². The molecule has 1 amide bonds. The summed E-state index contributed by atoms with van der Waals surface area (Å²) in [6, 6.07) is 8.30. The molecule has 1 aliphatic heterocycles. The van der Waals surface area contributed by atoms with Gasteiger partial charge in [-0.2, -0.15) is 0 Å². The van der Waals surface area contributed by atoms with Crippen molar-refractivity contribution in [3.63, 3.8) is 0 Å². The van der Waals surface area contributed by atoms with Crippen LogP contribution in [-0.2, 0) is 4.79 Å². The smallest absolute Gasteiger partial charge is 0.225 e. The highest BCUT2D eigenvalue weighted by Gasteiger charge is 2.31. The van der Waals surface area contributed by atoms with E-state index in [2.05, 4.69) is 13.0 Å². The Hall–Kier alpha value is -1.51. The lowest BCUT2D eigenvalue weighted by Crippen LogP contribution is -2.34. The second-order valence-corrected chi connectivity index (χ2v) is 5.28. The molecule has 3 heteroatoms. The molecule has 0 aromatic heterocycles. The molecule has 1 aliphatic rings. The molecule has 3 nitrogen and oxygen atoms in total. The van der Waals surface area contributed by atoms with Crippen molar-refractivity contribution in [1.29, 1.82) is 0 Å². The van der Waals surface area contributed by atoms with E-state index in [9.17, 15) is 4.79 Å². The van der Waals surface area contributed by atoms with Crippen molar-refractivity contribution in [1.82, 2.24) is 4.90 Å². The predicted molar refractivity (Wildman–Crippen MR) is 76.1 cm³/mol. The summed E-state index contributed by atoms with van der Waals surface area (Å²) in [5.41, 5.74) is 1.19. The zero-order valence-electron chi connectivity index (χ0n) is 12.1. The highest BCUT2D eigenvalue weighted by atomic mass is 16.5. The molecular weight excluding hydrogens is 238 g/mol. The van der Waals surface area contributed by atoms with Gasteiger partial charge in [0, 0.05) is 12.5 Å². The third-order valence-corrected chi connectivity index (χ3v) is 4.05. The SMILES string of the molecule is CC[C@@H](C)C(=O)N1CCC[C@H]1c1cccc(OC)c1. The Balaban J connectivity index is 2.20. The minimum atomic E-state index is 0.117. The fourth-order valence-electron chi connectivity index (χ4n) is 2.68. The van der Waals surface area contributed by atoms with E-state index in [1.165, 1.54) is 5.56 Å². The van der Waals surface area contributed by atoms with Gasteiger partial charge in [-0.3, -0.25) is 4.79 Å². The van der Waals surface area contributed by atoms with Crippen molar-refractivity contribution in [2.24, 2.45) is 5.92 Å². The van der Waals surface area contributed by atoms with Gasteiger partial charge in [-0.25, -0.2) is 0 Å². The zero-order valence-corrected chi connectivity index (χ0v) is 12.1. The number of carbonyl (C=O) groups excluding carboxylic acids is 1. The standard InChI is InChI=1S/C16H23NO2/c1-4-12(2)16(18)17-10-6-9-15(17)13-7-5-8-14(11-13)19-3/h5,7-8,11-12,15H,4,6,9-10H2,1-3H3/t12-,15+/m1/s1. The largest absolute Gasteiger partial charge is 0.497 e. The normalized spacial score (nSPS) is 20.4. The maximum absolute atomic E-state index is 12.4. The van der Waals surface area contributed by atoms with Gasteiger partial charge in [0.15, 0.2) is 0 Å². The first kappa shape index (κ1) is 13.9. The molecule has 1 fully saturated rings. The molecule has 0 bridgehead atoms. The second-order valence-electron chi connectivity index (χ2n) is 5.28. The van der Waals surface area contributed by atoms with Crippen LogP contribution in [0.4, 0.5) is 0 Å². The van der Waals surface area contributed by atoms with E-state index in [1.807, 2.05) is 30.0 Å². The van der Waals surface area contributed by atoms with Crippen LogP contribution in [0.5, 0.6) is 5.75 Å². The summed E-state index contributed by atoms with van der Waals surface area (Å²) < 4.78 is 5.28. The Kier molecular flexibility index (Phi) is 4.46. The summed E-state index contributed by atoms with van der Waals surface area (Å²) in [5, 5.41) is 0. The molecule has 0 spiro atoms. The van der Waals surface area contributed by atoms with Crippen LogP contribution in [0.15, 0.2) is 24.3 Å². The molecule has 1 saturated heterocycles. The van der Waals surface area contributed by atoms with E-state index in [-0.39, 0.29) is 17.9 Å². The van der Waals surface area contributed by atoms with Crippen LogP contribution in [0.25, 0.3) is 0 Å². The molecule has 0 N–H and O–H groups in total. The number of methoxy groups -OCH3 is 1. The van der Waals surface area contributed by atoms with Crippen molar-refractivity contribution in [3.8, 4) is 5.75 Å². The molecule has 19 heavy (non-hydrogen) atoms. The molecular formula is C16H23NO2. The molecule has 1 aromatic rings. The van der Waals surface area contributed by atoms with Gasteiger partial charge in [-0.1, -0.05) is 26.0 Å². The van der Waals surface area contributed by atoms with E-state index in [0.29, 0.717) is 0 Å². The van der Waals surface area contributed by atoms with Crippen molar-refractivity contribution < 1.29 is 9.53 Å². The number of benzene rings is 1. The van der Waals surface area contributed by atoms with E-state index in [1.54, 1.807) is 7.11 Å². The molecule has 2 rings (SSSR count). The summed E-state index contributed by atoms with van der Waals surface area (Å²) in [6.07, 6.45) is 3.04. The van der Waals surface area contributed by atoms with Crippen LogP contribution >= 0.6 is 0 Å². The number of nitrogens with zero attached hydrogens (tertiary/aromatic N) is 1. The second kappa shape index (κ2) is 6.09. The number of rotatable bonds is 4. The third-order valence-electron chi connectivity index (χ3n) is 4.05. The molecule has 0 aliphatic carbocycles. The Bertz CT molecular complexity index is 444. The van der Waals surface area contributed by atoms with Crippen LogP contribution in [0.1, 0.15) is 44.7 Å². The molecule has 0 unspecified atom stereocenters. The molecule has 104 valence electrons. The highest BCUT2D eigenvalue weighted by Crippen LogP contribution is 2.34. The Morgan fingerprint density at radius 2 is 2.32 bits per heavy atom. The molecule has 1 heterocycles. The van der Waals surface area contributed by atoms with Crippen LogP contribution < -0.4 is 4.74 Å². The van der Waals surface area contributed by atoms with Crippen LogP contribution in [0.3, 0.4) is 0 Å². The predicted octanol–water partition coefficient (Wildman–Crippen LogP) is 3.40. The number of amides is 1. The Morgan fingerprint density at radius 3 is 3.00 bits per heavy atom. The number of likely N-dealkylation sites (tertiary alicyclic amines) is 1. The Morgan fingerprint density at radius 1 is 1.53 bits per heavy atom. The number of hydrogen-bond acceptors (Lipinski definition) is 2. The van der Waals surface area contributed by atoms with Crippen LogP contribution in [-0.4, -0.2) is 24.5 Å². The molecule has 2 atom stereocenters. The van der Waals surface area contributed by atoms with Gasteiger partial charge in [0.05, 0.1) is 13.2 Å². The fraction of sp³-hybridized carbons (Fsp3) is 0.562. The van der Waals surface area contributed by atoms with Crippen LogP contribution in [0.2, 0.25) is 0 Å². The third kappa shape index (κ3) is 2.91. The topological polar surface area (TPSA) is 29.5 Å². The maximum atomic E-state index is 12.4. The monoisotopic (exact) mass is 261 g/mol. The van der Waals surface area contributed by atoms with E-state index < -0.39 is 0 Å². The van der Waals surface area contributed by atoms with Gasteiger partial charge in [0.2, 0.25) is 5.91 Å². The summed E-state index contributed by atoms with van der Waals surface area (Å²) in [4.78, 5) is 14.5. The summed E-state index contributed by atoms with van der Waals surface area (Å²) in [7, 11) is 1.68. The lowest BCUT2D eigenvalue weighted by molar-refractivity contribution is -0.136. The van der Waals surface area contributed by atoms with Gasteiger partial charge in [-0.15, -0.1) is 0 Å². The van der Waals surface area contributed by atoms with Gasteiger partial charge in [0.1, 0.15) is 5.75 Å². The quantitative estimate of drug-likeness (QED) is 0.831.